The topological polar surface area (TPSA) is 42.0 Å². The Morgan fingerprint density at radius 1 is 1.27 bits per heavy atom. The Kier molecular flexibility index (Phi) is 5.18. The Morgan fingerprint density at radius 3 is 2.88 bits per heavy atom. The van der Waals surface area contributed by atoms with Gasteiger partial charge in [-0.25, -0.2) is 0 Å². The van der Waals surface area contributed by atoms with Crippen molar-refractivity contribution in [1.82, 2.24) is 9.80 Å². The molecule has 2 atom stereocenters. The molecule has 3 fully saturated rings. The van der Waals surface area contributed by atoms with Crippen LogP contribution in [-0.2, 0) is 4.74 Å². The molecule has 26 heavy (non-hydrogen) atoms. The van der Waals surface area contributed by atoms with Crippen molar-refractivity contribution in [3.63, 3.8) is 0 Å². The molecule has 1 aromatic rings. The highest BCUT2D eigenvalue weighted by Crippen LogP contribution is 2.40. The van der Waals surface area contributed by atoms with Gasteiger partial charge in [0.1, 0.15) is 5.75 Å². The lowest BCUT2D eigenvalue weighted by molar-refractivity contribution is -0.0807. The number of amides is 1. The Bertz CT molecular complexity index is 644. The molecule has 3 heterocycles. The second kappa shape index (κ2) is 7.57. The third-order valence-electron chi connectivity index (χ3n) is 6.23. The van der Waals surface area contributed by atoms with Crippen LogP contribution >= 0.6 is 0 Å². The van der Waals surface area contributed by atoms with E-state index in [-0.39, 0.29) is 11.4 Å². The molecule has 1 spiro atoms. The first-order valence-electron chi connectivity index (χ1n) is 10.1. The summed E-state index contributed by atoms with van der Waals surface area (Å²) in [6, 6.07) is 7.63. The van der Waals surface area contributed by atoms with Crippen LogP contribution in [0.4, 0.5) is 0 Å². The molecule has 5 heteroatoms. The van der Waals surface area contributed by atoms with Gasteiger partial charge in [0, 0.05) is 38.3 Å². The van der Waals surface area contributed by atoms with Crippen LogP contribution in [0, 0.1) is 0 Å². The lowest BCUT2D eigenvalue weighted by Crippen LogP contribution is -2.68. The van der Waals surface area contributed by atoms with Crippen molar-refractivity contribution in [3.05, 3.63) is 29.8 Å². The van der Waals surface area contributed by atoms with Crippen LogP contribution < -0.4 is 4.74 Å². The van der Waals surface area contributed by atoms with Gasteiger partial charge >= 0.3 is 0 Å². The Morgan fingerprint density at radius 2 is 2.15 bits per heavy atom. The minimum absolute atomic E-state index is 0.108. The van der Waals surface area contributed by atoms with Crippen molar-refractivity contribution in [3.8, 4) is 5.75 Å². The van der Waals surface area contributed by atoms with Crippen LogP contribution in [0.5, 0.6) is 5.75 Å². The fourth-order valence-electron chi connectivity index (χ4n) is 4.75. The molecule has 4 rings (SSSR count). The van der Waals surface area contributed by atoms with Gasteiger partial charge < -0.3 is 14.4 Å². The van der Waals surface area contributed by atoms with E-state index >= 15 is 0 Å². The van der Waals surface area contributed by atoms with E-state index in [1.165, 1.54) is 25.7 Å². The molecule has 142 valence electrons. The summed E-state index contributed by atoms with van der Waals surface area (Å²) in [7, 11) is 0. The molecule has 3 aliphatic heterocycles. The van der Waals surface area contributed by atoms with Crippen LogP contribution in [-0.4, -0.2) is 66.7 Å². The van der Waals surface area contributed by atoms with E-state index in [1.54, 1.807) is 0 Å². The third-order valence-corrected chi connectivity index (χ3v) is 6.23. The number of benzene rings is 1. The number of ether oxygens (including phenoxy) is 2. The summed E-state index contributed by atoms with van der Waals surface area (Å²) >= 11 is 0. The monoisotopic (exact) mass is 358 g/mol. The van der Waals surface area contributed by atoms with E-state index in [4.69, 9.17) is 9.47 Å². The number of hydrogen-bond donors (Lipinski definition) is 0. The molecule has 0 bridgehead atoms. The van der Waals surface area contributed by atoms with Crippen LogP contribution in [0.2, 0.25) is 0 Å². The summed E-state index contributed by atoms with van der Waals surface area (Å²) in [5.74, 6) is 0.807. The maximum Gasteiger partial charge on any atom is 0.257 e. The average molecular weight is 358 g/mol. The zero-order chi connectivity index (χ0) is 18.0. The summed E-state index contributed by atoms with van der Waals surface area (Å²) in [4.78, 5) is 17.8. The van der Waals surface area contributed by atoms with Crippen LogP contribution in [0.25, 0.3) is 0 Å². The molecule has 0 N–H and O–H groups in total. The molecule has 1 aromatic carbocycles. The molecular weight excluding hydrogens is 328 g/mol. The fraction of sp³-hybridized carbons (Fsp3) is 0.667. The smallest absolute Gasteiger partial charge is 0.257 e. The fourth-order valence-corrected chi connectivity index (χ4v) is 4.75. The highest BCUT2D eigenvalue weighted by Gasteiger charge is 2.48. The molecular formula is C21H30N2O3. The van der Waals surface area contributed by atoms with Gasteiger partial charge in [0.05, 0.1) is 18.3 Å². The van der Waals surface area contributed by atoms with E-state index in [0.717, 1.165) is 39.2 Å². The van der Waals surface area contributed by atoms with Gasteiger partial charge in [-0.05, 0) is 51.2 Å². The van der Waals surface area contributed by atoms with Crippen LogP contribution in [0.1, 0.15) is 49.4 Å². The number of rotatable bonds is 5. The molecule has 3 saturated heterocycles. The average Bonchev–Trinajstić information content (AvgIpc) is 3.19. The summed E-state index contributed by atoms with van der Waals surface area (Å²) in [5, 5.41) is 0. The summed E-state index contributed by atoms with van der Waals surface area (Å²) < 4.78 is 11.5. The van der Waals surface area contributed by atoms with Gasteiger partial charge in [-0.2, -0.15) is 0 Å². The second-order valence-electron chi connectivity index (χ2n) is 7.81. The number of likely N-dealkylation sites (tertiary alicyclic amines) is 2. The normalized spacial score (nSPS) is 29.0. The van der Waals surface area contributed by atoms with Gasteiger partial charge in [-0.3, -0.25) is 9.69 Å². The summed E-state index contributed by atoms with van der Waals surface area (Å²) in [5.41, 5.74) is 0.858. The second-order valence-corrected chi connectivity index (χ2v) is 7.81. The molecule has 0 radical (unpaired) electrons. The SMILES string of the molecule is CCOc1ccccc1C(=O)N1CCCC2(CCN2CC2CCCO2)C1. The first-order chi connectivity index (χ1) is 12.7. The maximum atomic E-state index is 13.2. The van der Waals surface area contributed by atoms with Crippen molar-refractivity contribution < 1.29 is 14.3 Å². The van der Waals surface area contributed by atoms with E-state index in [9.17, 15) is 4.79 Å². The number of carbonyl (C=O) groups is 1. The third kappa shape index (κ3) is 3.35. The lowest BCUT2D eigenvalue weighted by atomic mass is 9.77. The lowest BCUT2D eigenvalue weighted by Gasteiger charge is -2.57. The summed E-state index contributed by atoms with van der Waals surface area (Å²) in [6.45, 7) is 7.27. The minimum Gasteiger partial charge on any atom is -0.493 e. The first kappa shape index (κ1) is 17.8. The van der Waals surface area contributed by atoms with Crippen molar-refractivity contribution in [2.24, 2.45) is 0 Å². The number of piperidine rings is 1. The van der Waals surface area contributed by atoms with E-state index in [0.29, 0.717) is 24.0 Å². The van der Waals surface area contributed by atoms with E-state index < -0.39 is 0 Å². The van der Waals surface area contributed by atoms with Crippen molar-refractivity contribution in [1.29, 1.82) is 0 Å². The van der Waals surface area contributed by atoms with Crippen molar-refractivity contribution >= 4 is 5.91 Å². The Labute approximate surface area is 156 Å². The molecule has 2 unspecified atom stereocenters. The highest BCUT2D eigenvalue weighted by molar-refractivity contribution is 5.97. The predicted octanol–water partition coefficient (Wildman–Crippen LogP) is 2.94. The molecule has 3 aliphatic rings. The number of hydrogen-bond acceptors (Lipinski definition) is 4. The van der Waals surface area contributed by atoms with Crippen LogP contribution in [0.3, 0.4) is 0 Å². The zero-order valence-electron chi connectivity index (χ0n) is 15.8. The number of para-hydroxylation sites is 1. The quantitative estimate of drug-likeness (QED) is 0.812. The van der Waals surface area contributed by atoms with Gasteiger partial charge in [-0.15, -0.1) is 0 Å². The van der Waals surface area contributed by atoms with Crippen molar-refractivity contribution in [2.75, 3.05) is 39.4 Å². The molecule has 1 amide bonds. The molecule has 0 saturated carbocycles. The van der Waals surface area contributed by atoms with E-state index in [2.05, 4.69) is 4.90 Å². The molecule has 0 aromatic heterocycles. The standard InChI is InChI=1S/C21H30N2O3/c1-2-25-19-9-4-3-8-18(19)20(24)22-12-6-10-21(16-22)11-13-23(21)15-17-7-5-14-26-17/h3-4,8-9,17H,2,5-7,10-16H2,1H3. The van der Waals surface area contributed by atoms with Crippen molar-refractivity contribution in [2.45, 2.75) is 50.7 Å². The highest BCUT2D eigenvalue weighted by atomic mass is 16.5. The number of carbonyl (C=O) groups excluding carboxylic acids is 1. The van der Waals surface area contributed by atoms with E-state index in [1.807, 2.05) is 36.1 Å². The largest absolute Gasteiger partial charge is 0.493 e. The molecule has 0 aliphatic carbocycles. The van der Waals surface area contributed by atoms with Gasteiger partial charge in [0.2, 0.25) is 0 Å². The molecule has 5 nitrogen and oxygen atoms in total. The summed E-state index contributed by atoms with van der Waals surface area (Å²) in [6.07, 6.45) is 6.20. The Hall–Kier alpha value is -1.59. The van der Waals surface area contributed by atoms with Gasteiger partial charge in [0.15, 0.2) is 0 Å². The Balaban J connectivity index is 1.46. The maximum absolute atomic E-state index is 13.2. The minimum atomic E-state index is 0.108. The van der Waals surface area contributed by atoms with Gasteiger partial charge in [-0.1, -0.05) is 12.1 Å². The first-order valence-corrected chi connectivity index (χ1v) is 10.1. The number of nitrogens with zero attached hydrogens (tertiary/aromatic N) is 2. The predicted molar refractivity (Wildman–Crippen MR) is 101 cm³/mol. The van der Waals surface area contributed by atoms with Gasteiger partial charge in [0.25, 0.3) is 5.91 Å². The van der Waals surface area contributed by atoms with Crippen LogP contribution in [0.15, 0.2) is 24.3 Å². The zero-order valence-corrected chi connectivity index (χ0v) is 15.8.